The summed E-state index contributed by atoms with van der Waals surface area (Å²) >= 11 is 0. The third kappa shape index (κ3) is 3.31. The van der Waals surface area contributed by atoms with Crippen molar-refractivity contribution in [2.45, 2.75) is 12.5 Å². The smallest absolute Gasteiger partial charge is 0.326 e. The van der Waals surface area contributed by atoms with Crippen LogP contribution in [-0.4, -0.2) is 38.0 Å². The Bertz CT molecular complexity index is 594. The molecule has 0 aromatic carbocycles. The largest absolute Gasteiger partial charge is 0.480 e. The van der Waals surface area contributed by atoms with Gasteiger partial charge in [0.05, 0.1) is 18.2 Å². The van der Waals surface area contributed by atoms with E-state index in [1.165, 1.54) is 30.9 Å². The van der Waals surface area contributed by atoms with Gasteiger partial charge in [0.15, 0.2) is 0 Å². The van der Waals surface area contributed by atoms with Crippen LogP contribution in [0, 0.1) is 0 Å². The number of nitrogens with one attached hydrogen (secondary N) is 2. The number of H-pyrrole nitrogens is 1. The number of carbonyl (C=O) groups is 2. The number of rotatable bonds is 5. The van der Waals surface area contributed by atoms with Crippen molar-refractivity contribution in [2.24, 2.45) is 0 Å². The second kappa shape index (κ2) is 5.83. The molecule has 5 N–H and O–H groups in total. The van der Waals surface area contributed by atoms with E-state index < -0.39 is 17.9 Å². The zero-order chi connectivity index (χ0) is 14.5. The van der Waals surface area contributed by atoms with E-state index in [0.29, 0.717) is 11.4 Å². The normalized spacial score (nSPS) is 11.8. The Balaban J connectivity index is 2.06. The number of hydrogen-bond acceptors (Lipinski definition) is 5. The van der Waals surface area contributed by atoms with Crippen LogP contribution in [0.3, 0.4) is 0 Å². The predicted molar refractivity (Wildman–Crippen MR) is 69.8 cm³/mol. The number of nitrogens with zero attached hydrogens (tertiary/aromatic N) is 2. The molecule has 104 valence electrons. The molecule has 1 atom stereocenters. The van der Waals surface area contributed by atoms with E-state index in [9.17, 15) is 9.59 Å². The van der Waals surface area contributed by atoms with Crippen LogP contribution in [-0.2, 0) is 11.2 Å². The van der Waals surface area contributed by atoms with Crippen LogP contribution in [0.2, 0.25) is 0 Å². The second-order valence-electron chi connectivity index (χ2n) is 4.12. The van der Waals surface area contributed by atoms with Crippen LogP contribution in [0.25, 0.3) is 0 Å². The van der Waals surface area contributed by atoms with Crippen molar-refractivity contribution < 1.29 is 14.7 Å². The summed E-state index contributed by atoms with van der Waals surface area (Å²) in [5, 5.41) is 11.5. The number of amides is 1. The van der Waals surface area contributed by atoms with Gasteiger partial charge in [0, 0.05) is 18.3 Å². The van der Waals surface area contributed by atoms with Crippen LogP contribution in [0.5, 0.6) is 0 Å². The molecule has 20 heavy (non-hydrogen) atoms. The molecule has 2 rings (SSSR count). The van der Waals surface area contributed by atoms with Gasteiger partial charge < -0.3 is 21.1 Å². The number of nitrogens with two attached hydrogens (primary N) is 1. The van der Waals surface area contributed by atoms with Crippen LogP contribution < -0.4 is 11.1 Å². The Morgan fingerprint density at radius 3 is 2.75 bits per heavy atom. The molecule has 1 amide bonds. The van der Waals surface area contributed by atoms with Crippen LogP contribution in [0.1, 0.15) is 16.2 Å². The van der Waals surface area contributed by atoms with Gasteiger partial charge in [-0.15, -0.1) is 0 Å². The standard InChI is InChI=1S/C12H13N5O3/c13-7-1-2-9(15-4-7)11(18)17-10(12(19)20)3-8-5-14-6-16-8/h1-2,4-6,10H,3,13H2,(H,14,16)(H,17,18)(H,19,20). The summed E-state index contributed by atoms with van der Waals surface area (Å²) in [7, 11) is 0. The van der Waals surface area contributed by atoms with Crippen LogP contribution >= 0.6 is 0 Å². The van der Waals surface area contributed by atoms with Gasteiger partial charge in [0.2, 0.25) is 0 Å². The fraction of sp³-hybridized carbons (Fsp3) is 0.167. The van der Waals surface area contributed by atoms with Crippen molar-refractivity contribution in [1.29, 1.82) is 0 Å². The highest BCUT2D eigenvalue weighted by Gasteiger charge is 2.22. The Morgan fingerprint density at radius 2 is 2.20 bits per heavy atom. The Hall–Kier alpha value is -2.90. The molecule has 0 radical (unpaired) electrons. The minimum Gasteiger partial charge on any atom is -0.480 e. The topological polar surface area (TPSA) is 134 Å². The molecule has 0 saturated carbocycles. The fourth-order valence-electron chi connectivity index (χ4n) is 1.59. The third-order valence-electron chi connectivity index (χ3n) is 2.60. The predicted octanol–water partition coefficient (Wildman–Crippen LogP) is -0.187. The van der Waals surface area contributed by atoms with Gasteiger partial charge in [-0.3, -0.25) is 4.79 Å². The van der Waals surface area contributed by atoms with Crippen LogP contribution in [0.4, 0.5) is 5.69 Å². The molecule has 8 heteroatoms. The minimum atomic E-state index is -1.14. The molecule has 0 aliphatic rings. The first-order chi connectivity index (χ1) is 9.56. The summed E-state index contributed by atoms with van der Waals surface area (Å²) in [6.07, 6.45) is 4.39. The lowest BCUT2D eigenvalue weighted by Crippen LogP contribution is -2.42. The van der Waals surface area contributed by atoms with E-state index in [-0.39, 0.29) is 12.1 Å². The molecule has 0 fully saturated rings. The van der Waals surface area contributed by atoms with Crippen LogP contribution in [0.15, 0.2) is 30.9 Å². The van der Waals surface area contributed by atoms with Gasteiger partial charge in [0.1, 0.15) is 11.7 Å². The van der Waals surface area contributed by atoms with Gasteiger partial charge >= 0.3 is 5.97 Å². The Morgan fingerprint density at radius 1 is 1.40 bits per heavy atom. The summed E-state index contributed by atoms with van der Waals surface area (Å²) < 4.78 is 0. The number of hydrogen-bond donors (Lipinski definition) is 4. The number of anilines is 1. The van der Waals surface area contributed by atoms with Gasteiger partial charge in [-0.1, -0.05) is 0 Å². The first-order valence-electron chi connectivity index (χ1n) is 5.78. The monoisotopic (exact) mass is 275 g/mol. The number of carbonyl (C=O) groups excluding carboxylic acids is 1. The number of aromatic nitrogens is 3. The molecule has 8 nitrogen and oxygen atoms in total. The number of aromatic amines is 1. The molecule has 0 aliphatic heterocycles. The molecule has 0 saturated heterocycles. The average Bonchev–Trinajstić information content (AvgIpc) is 2.91. The molecule has 1 unspecified atom stereocenters. The van der Waals surface area contributed by atoms with Crippen molar-refractivity contribution in [2.75, 3.05) is 5.73 Å². The molecule has 0 spiro atoms. The molecular weight excluding hydrogens is 262 g/mol. The Labute approximate surface area is 114 Å². The maximum Gasteiger partial charge on any atom is 0.326 e. The summed E-state index contributed by atoms with van der Waals surface area (Å²) in [5.41, 5.74) is 6.61. The lowest BCUT2D eigenvalue weighted by atomic mass is 10.1. The highest BCUT2D eigenvalue weighted by Crippen LogP contribution is 2.03. The highest BCUT2D eigenvalue weighted by molar-refractivity contribution is 5.95. The first-order valence-corrected chi connectivity index (χ1v) is 5.78. The van der Waals surface area contributed by atoms with E-state index in [4.69, 9.17) is 10.8 Å². The number of pyridine rings is 1. The van der Waals surface area contributed by atoms with Crippen molar-refractivity contribution >= 4 is 17.6 Å². The number of carboxylic acids is 1. The summed E-state index contributed by atoms with van der Waals surface area (Å²) in [4.78, 5) is 33.5. The highest BCUT2D eigenvalue weighted by atomic mass is 16.4. The third-order valence-corrected chi connectivity index (χ3v) is 2.60. The number of imidazole rings is 1. The zero-order valence-electron chi connectivity index (χ0n) is 10.4. The summed E-state index contributed by atoms with van der Waals surface area (Å²) in [6, 6.07) is 1.88. The molecule has 2 aromatic rings. The van der Waals surface area contributed by atoms with Crippen molar-refractivity contribution in [3.63, 3.8) is 0 Å². The Kier molecular flexibility index (Phi) is 3.94. The SMILES string of the molecule is Nc1ccc(C(=O)NC(Cc2cnc[nH]2)C(=O)O)nc1. The van der Waals surface area contributed by atoms with Crippen molar-refractivity contribution in [1.82, 2.24) is 20.3 Å². The second-order valence-corrected chi connectivity index (χ2v) is 4.12. The average molecular weight is 275 g/mol. The van der Waals surface area contributed by atoms with Gasteiger partial charge in [-0.25, -0.2) is 14.8 Å². The van der Waals surface area contributed by atoms with E-state index in [0.717, 1.165) is 0 Å². The maximum atomic E-state index is 11.9. The summed E-state index contributed by atoms with van der Waals surface area (Å²) in [5.74, 6) is -1.71. The first kappa shape index (κ1) is 13.5. The molecule has 0 aliphatic carbocycles. The van der Waals surface area contributed by atoms with Gasteiger partial charge in [-0.2, -0.15) is 0 Å². The molecular formula is C12H13N5O3. The number of carboxylic acid groups (broad SMARTS) is 1. The number of nitrogen functional groups attached to an aromatic ring is 1. The van der Waals surface area contributed by atoms with Crippen molar-refractivity contribution in [3.8, 4) is 0 Å². The van der Waals surface area contributed by atoms with E-state index in [2.05, 4.69) is 20.3 Å². The van der Waals surface area contributed by atoms with E-state index in [1.807, 2.05) is 0 Å². The lowest BCUT2D eigenvalue weighted by Gasteiger charge is -2.13. The van der Waals surface area contributed by atoms with E-state index in [1.54, 1.807) is 0 Å². The maximum absolute atomic E-state index is 11.9. The zero-order valence-corrected chi connectivity index (χ0v) is 10.4. The van der Waals surface area contributed by atoms with Crippen molar-refractivity contribution in [3.05, 3.63) is 42.2 Å². The quantitative estimate of drug-likeness (QED) is 0.597. The molecule has 0 bridgehead atoms. The molecule has 2 heterocycles. The summed E-state index contributed by atoms with van der Waals surface area (Å²) in [6.45, 7) is 0. The van der Waals surface area contributed by atoms with E-state index >= 15 is 0 Å². The lowest BCUT2D eigenvalue weighted by molar-refractivity contribution is -0.139. The fourth-order valence-corrected chi connectivity index (χ4v) is 1.59. The molecule has 2 aromatic heterocycles. The van der Waals surface area contributed by atoms with Gasteiger partial charge in [-0.05, 0) is 12.1 Å². The van der Waals surface area contributed by atoms with Gasteiger partial charge in [0.25, 0.3) is 5.91 Å². The number of aliphatic carboxylic acids is 1. The minimum absolute atomic E-state index is 0.107.